The number of nitro benzene ring substituents is 1. The number of halogens is 4. The van der Waals surface area contributed by atoms with Crippen molar-refractivity contribution in [2.75, 3.05) is 16.4 Å². The van der Waals surface area contributed by atoms with E-state index in [1.807, 2.05) is 0 Å². The van der Waals surface area contributed by atoms with Crippen LogP contribution in [0.25, 0.3) is 0 Å². The van der Waals surface area contributed by atoms with Gasteiger partial charge in [-0.15, -0.1) is 0 Å². The van der Waals surface area contributed by atoms with Gasteiger partial charge in [-0.1, -0.05) is 35.5 Å². The molecular weight excluding hydrogens is 491 g/mol. The number of sulfone groups is 1. The van der Waals surface area contributed by atoms with E-state index in [1.165, 1.54) is 28.8 Å². The number of fused-ring (bicyclic) bond motifs is 1. The highest BCUT2D eigenvalue weighted by Crippen LogP contribution is 2.41. The molecule has 2 aliphatic heterocycles. The molecule has 0 aliphatic carbocycles. The molecule has 2 aromatic carbocycles. The first-order chi connectivity index (χ1) is 14.9. The fourth-order valence-electron chi connectivity index (χ4n) is 3.65. The van der Waals surface area contributed by atoms with Gasteiger partial charge in [0.15, 0.2) is 15.0 Å². The van der Waals surface area contributed by atoms with Gasteiger partial charge < -0.3 is 4.90 Å². The van der Waals surface area contributed by atoms with Gasteiger partial charge in [-0.2, -0.15) is 13.2 Å². The predicted molar refractivity (Wildman–Crippen MR) is 117 cm³/mol. The average molecular weight is 506 g/mol. The molecule has 0 N–H and O–H groups in total. The summed E-state index contributed by atoms with van der Waals surface area (Å²) in [5.41, 5.74) is -0.181. The normalized spacial score (nSPS) is 22.0. The summed E-state index contributed by atoms with van der Waals surface area (Å²) < 4.78 is 64.1. The molecule has 4 rings (SSSR count). The van der Waals surface area contributed by atoms with Crippen LogP contribution in [0.2, 0.25) is 5.02 Å². The third-order valence-corrected chi connectivity index (χ3v) is 8.21. The molecule has 0 aromatic heterocycles. The van der Waals surface area contributed by atoms with Crippen LogP contribution in [0.15, 0.2) is 47.5 Å². The Morgan fingerprint density at radius 3 is 2.50 bits per heavy atom. The van der Waals surface area contributed by atoms with Crippen LogP contribution < -0.4 is 4.90 Å². The summed E-state index contributed by atoms with van der Waals surface area (Å²) in [5, 5.41) is 11.2. The minimum Gasteiger partial charge on any atom is -0.313 e. The maximum atomic E-state index is 13.3. The first-order valence-electron chi connectivity index (χ1n) is 9.25. The number of anilines is 1. The summed E-state index contributed by atoms with van der Waals surface area (Å²) in [6.45, 7) is 0. The number of thioether (sulfide) groups is 1. The zero-order chi connectivity index (χ0) is 23.3. The lowest BCUT2D eigenvalue weighted by molar-refractivity contribution is -0.384. The second kappa shape index (κ2) is 8.23. The molecule has 0 saturated carbocycles. The minimum absolute atomic E-state index is 0.0426. The summed E-state index contributed by atoms with van der Waals surface area (Å²) in [4.78, 5) is 16.2. The lowest BCUT2D eigenvalue weighted by Gasteiger charge is -2.28. The molecule has 2 heterocycles. The van der Waals surface area contributed by atoms with E-state index < -0.39 is 38.6 Å². The number of hydrogen-bond acceptors (Lipinski definition) is 7. The molecule has 0 amide bonds. The second-order valence-electron chi connectivity index (χ2n) is 7.37. The van der Waals surface area contributed by atoms with Gasteiger partial charge in [0.25, 0.3) is 5.69 Å². The molecular formula is C19H15ClF3N3O4S2. The fraction of sp³-hybridized carbons (Fsp3) is 0.316. The first-order valence-corrected chi connectivity index (χ1v) is 12.4. The van der Waals surface area contributed by atoms with Crippen molar-refractivity contribution < 1.29 is 26.5 Å². The van der Waals surface area contributed by atoms with E-state index in [-0.39, 0.29) is 27.9 Å². The minimum atomic E-state index is -4.59. The van der Waals surface area contributed by atoms with Crippen molar-refractivity contribution in [3.05, 3.63) is 68.7 Å². The Bertz CT molecular complexity index is 1200. The molecule has 170 valence electrons. The lowest BCUT2D eigenvalue weighted by Crippen LogP contribution is -2.39. The molecule has 7 nitrogen and oxygen atoms in total. The quantitative estimate of drug-likeness (QED) is 0.447. The topological polar surface area (TPSA) is 92.9 Å². The average Bonchev–Trinajstić information content (AvgIpc) is 3.17. The predicted octanol–water partition coefficient (Wildman–Crippen LogP) is 4.54. The molecule has 2 atom stereocenters. The summed E-state index contributed by atoms with van der Waals surface area (Å²) in [6, 6.07) is 7.51. The molecule has 2 aliphatic rings. The van der Waals surface area contributed by atoms with Gasteiger partial charge in [-0.3, -0.25) is 15.1 Å². The van der Waals surface area contributed by atoms with Gasteiger partial charge in [0, 0.05) is 17.9 Å². The van der Waals surface area contributed by atoms with E-state index in [9.17, 15) is 31.7 Å². The fourth-order valence-corrected chi connectivity index (χ4v) is 6.77. The Labute approximate surface area is 190 Å². The molecule has 2 aromatic rings. The number of hydrogen-bond donors (Lipinski definition) is 0. The zero-order valence-corrected chi connectivity index (χ0v) is 18.5. The third-order valence-electron chi connectivity index (χ3n) is 5.16. The lowest BCUT2D eigenvalue weighted by atomic mass is 10.1. The standard InChI is InChI=1S/C19H15ClF3N3O4S2/c20-14-6-3-12(19(21,22)23)7-16(14)25-17-10-32(29,30)9-15(17)24-18(25)31-8-11-1-4-13(5-2-11)26(27)28/h1-7,15,17H,8-10H2/t15-,17-/m0/s1. The summed E-state index contributed by atoms with van der Waals surface area (Å²) in [7, 11) is -3.39. The van der Waals surface area contributed by atoms with Crippen LogP contribution in [0.5, 0.6) is 0 Å². The van der Waals surface area contributed by atoms with Crippen molar-refractivity contribution in [2.24, 2.45) is 4.99 Å². The van der Waals surface area contributed by atoms with E-state index in [0.717, 1.165) is 23.8 Å². The SMILES string of the molecule is O=[N+]([O-])c1ccc(CSC2=N[C@H]3CS(=O)(=O)C[C@@H]3N2c2cc(C(F)(F)F)ccc2Cl)cc1. The van der Waals surface area contributed by atoms with Crippen molar-refractivity contribution in [3.8, 4) is 0 Å². The number of nitrogens with zero attached hydrogens (tertiary/aromatic N) is 3. The molecule has 0 radical (unpaired) electrons. The number of rotatable bonds is 4. The Balaban J connectivity index is 1.66. The van der Waals surface area contributed by atoms with Gasteiger partial charge in [-0.25, -0.2) is 8.42 Å². The highest BCUT2D eigenvalue weighted by atomic mass is 35.5. The number of aliphatic imine (C=N–C) groups is 1. The van der Waals surface area contributed by atoms with E-state index in [0.29, 0.717) is 10.9 Å². The van der Waals surface area contributed by atoms with Crippen molar-refractivity contribution in [2.45, 2.75) is 24.0 Å². The smallest absolute Gasteiger partial charge is 0.313 e. The summed E-state index contributed by atoms with van der Waals surface area (Å²) in [5.74, 6) is -0.0994. The van der Waals surface area contributed by atoms with Crippen LogP contribution in [0.4, 0.5) is 24.5 Å². The van der Waals surface area contributed by atoms with Crippen molar-refractivity contribution in [1.29, 1.82) is 0 Å². The van der Waals surface area contributed by atoms with Crippen LogP contribution in [-0.2, 0) is 21.8 Å². The first kappa shape index (κ1) is 22.9. The van der Waals surface area contributed by atoms with Crippen LogP contribution >= 0.6 is 23.4 Å². The molecule has 1 saturated heterocycles. The number of non-ortho nitro benzene ring substituents is 1. The van der Waals surface area contributed by atoms with Crippen molar-refractivity contribution in [1.82, 2.24) is 0 Å². The largest absolute Gasteiger partial charge is 0.416 e. The Morgan fingerprint density at radius 1 is 1.19 bits per heavy atom. The molecule has 13 heteroatoms. The van der Waals surface area contributed by atoms with Crippen molar-refractivity contribution in [3.63, 3.8) is 0 Å². The Morgan fingerprint density at radius 2 is 1.88 bits per heavy atom. The maximum absolute atomic E-state index is 13.3. The third kappa shape index (κ3) is 4.57. The van der Waals surface area contributed by atoms with Crippen molar-refractivity contribution >= 4 is 49.7 Å². The second-order valence-corrected chi connectivity index (χ2v) is 10.9. The Kier molecular flexibility index (Phi) is 5.88. The van der Waals surface area contributed by atoms with Gasteiger partial charge in [0.1, 0.15) is 0 Å². The zero-order valence-electron chi connectivity index (χ0n) is 16.1. The van der Waals surface area contributed by atoms with E-state index in [1.54, 1.807) is 12.1 Å². The highest BCUT2D eigenvalue weighted by Gasteiger charge is 2.48. The van der Waals surface area contributed by atoms with E-state index in [2.05, 4.69) is 4.99 Å². The van der Waals surface area contributed by atoms with Gasteiger partial charge in [0.05, 0.1) is 44.8 Å². The molecule has 0 bridgehead atoms. The number of alkyl halides is 3. The molecule has 1 fully saturated rings. The van der Waals surface area contributed by atoms with E-state index >= 15 is 0 Å². The van der Waals surface area contributed by atoms with Gasteiger partial charge in [-0.05, 0) is 23.8 Å². The summed E-state index contributed by atoms with van der Waals surface area (Å²) in [6.07, 6.45) is -4.59. The molecule has 0 spiro atoms. The number of amidine groups is 1. The van der Waals surface area contributed by atoms with Crippen LogP contribution in [0.1, 0.15) is 11.1 Å². The van der Waals surface area contributed by atoms with Crippen LogP contribution in [-0.4, -0.2) is 42.1 Å². The molecule has 32 heavy (non-hydrogen) atoms. The van der Waals surface area contributed by atoms with Gasteiger partial charge >= 0.3 is 6.18 Å². The van der Waals surface area contributed by atoms with Gasteiger partial charge in [0.2, 0.25) is 0 Å². The van der Waals surface area contributed by atoms with Crippen LogP contribution in [0.3, 0.4) is 0 Å². The highest BCUT2D eigenvalue weighted by molar-refractivity contribution is 8.13. The monoisotopic (exact) mass is 505 g/mol. The summed E-state index contributed by atoms with van der Waals surface area (Å²) >= 11 is 7.44. The maximum Gasteiger partial charge on any atom is 0.416 e. The Hall–Kier alpha value is -2.31. The van der Waals surface area contributed by atoms with Crippen LogP contribution in [0, 0.1) is 10.1 Å². The van der Waals surface area contributed by atoms with E-state index in [4.69, 9.17) is 11.6 Å². The molecule has 0 unspecified atom stereocenters. The number of nitro groups is 1. The number of benzene rings is 2.